The molecule has 0 aliphatic rings. The van der Waals surface area contributed by atoms with Crippen molar-refractivity contribution in [2.75, 3.05) is 0 Å². The number of carbonyl (C=O) groups is 1. The third-order valence-electron chi connectivity index (χ3n) is 2.90. The van der Waals surface area contributed by atoms with Crippen molar-refractivity contribution in [2.24, 2.45) is 0 Å². The van der Waals surface area contributed by atoms with Gasteiger partial charge in [0.25, 0.3) is 0 Å². The molecule has 1 aromatic heterocycles. The molecule has 0 saturated heterocycles. The predicted molar refractivity (Wildman–Crippen MR) is 75.3 cm³/mol. The van der Waals surface area contributed by atoms with E-state index in [1.165, 1.54) is 16.8 Å². The Bertz CT molecular complexity index is 647. The van der Waals surface area contributed by atoms with E-state index in [-0.39, 0.29) is 15.8 Å². The monoisotopic (exact) mass is 315 g/mol. The second-order valence-electron chi connectivity index (χ2n) is 4.15. The van der Waals surface area contributed by atoms with Gasteiger partial charge in [-0.05, 0) is 18.6 Å². The van der Waals surface area contributed by atoms with Gasteiger partial charge < -0.3 is 0 Å². The first-order chi connectivity index (χ1) is 9.49. The van der Waals surface area contributed by atoms with Gasteiger partial charge in [0.1, 0.15) is 0 Å². The average Bonchev–Trinajstić information content (AvgIpc) is 2.87. The van der Waals surface area contributed by atoms with Crippen LogP contribution in [0.3, 0.4) is 0 Å². The molecule has 1 heterocycles. The number of benzene rings is 1. The lowest BCUT2D eigenvalue weighted by atomic mass is 10.1. The van der Waals surface area contributed by atoms with Gasteiger partial charge in [-0.2, -0.15) is 0 Å². The number of nitrogens with zero attached hydrogens (tertiary/aromatic N) is 3. The summed E-state index contributed by atoms with van der Waals surface area (Å²) in [5.41, 5.74) is 1.45. The highest BCUT2D eigenvalue weighted by atomic mass is 35.5. The molecule has 2 rings (SSSR count). The van der Waals surface area contributed by atoms with E-state index in [4.69, 9.17) is 23.2 Å². The van der Waals surface area contributed by atoms with E-state index in [1.807, 2.05) is 6.92 Å². The third kappa shape index (κ3) is 2.55. The fourth-order valence-corrected chi connectivity index (χ4v) is 2.35. The lowest BCUT2D eigenvalue weighted by molar-refractivity contribution is 0.0982. The van der Waals surface area contributed by atoms with E-state index in [0.29, 0.717) is 29.9 Å². The molecule has 0 spiro atoms. The summed E-state index contributed by atoms with van der Waals surface area (Å²) in [5.74, 6) is -0.771. The van der Waals surface area contributed by atoms with E-state index >= 15 is 0 Å². The van der Waals surface area contributed by atoms with Crippen LogP contribution in [0.4, 0.5) is 4.39 Å². The van der Waals surface area contributed by atoms with Crippen LogP contribution < -0.4 is 0 Å². The Balaban J connectivity index is 2.59. The molecule has 2 aromatic rings. The van der Waals surface area contributed by atoms with Crippen molar-refractivity contribution in [2.45, 2.75) is 26.7 Å². The molecule has 1 aromatic carbocycles. The zero-order valence-electron chi connectivity index (χ0n) is 11.0. The Labute approximate surface area is 125 Å². The lowest BCUT2D eigenvalue weighted by Crippen LogP contribution is -2.06. The van der Waals surface area contributed by atoms with Gasteiger partial charge in [-0.1, -0.05) is 42.3 Å². The number of ketones is 1. The van der Waals surface area contributed by atoms with Gasteiger partial charge in [-0.25, -0.2) is 9.07 Å². The van der Waals surface area contributed by atoms with Crippen molar-refractivity contribution in [1.82, 2.24) is 15.0 Å². The Morgan fingerprint density at radius 1 is 1.30 bits per heavy atom. The lowest BCUT2D eigenvalue weighted by Gasteiger charge is -2.07. The molecule has 0 radical (unpaired) electrons. The van der Waals surface area contributed by atoms with Crippen molar-refractivity contribution >= 4 is 29.0 Å². The number of carbonyl (C=O) groups excluding carboxylic acids is 1. The van der Waals surface area contributed by atoms with Crippen LogP contribution in [-0.2, 0) is 6.42 Å². The fraction of sp³-hybridized carbons (Fsp3) is 0.308. The molecule has 0 unspecified atom stereocenters. The average molecular weight is 316 g/mol. The maximum atomic E-state index is 13.4. The maximum absolute atomic E-state index is 13.4. The van der Waals surface area contributed by atoms with E-state index < -0.39 is 5.82 Å². The molecule has 7 heteroatoms. The molecule has 4 nitrogen and oxygen atoms in total. The molecule has 0 aliphatic carbocycles. The first kappa shape index (κ1) is 14.9. The maximum Gasteiger partial charge on any atom is 0.184 e. The van der Waals surface area contributed by atoms with E-state index in [1.54, 1.807) is 6.92 Å². The summed E-state index contributed by atoms with van der Waals surface area (Å²) < 4.78 is 14.9. The van der Waals surface area contributed by atoms with Crippen LogP contribution in [0.2, 0.25) is 10.0 Å². The molecule has 0 bridgehead atoms. The second-order valence-corrected chi connectivity index (χ2v) is 4.96. The summed E-state index contributed by atoms with van der Waals surface area (Å²) in [6, 6.07) is 2.80. The van der Waals surface area contributed by atoms with Crippen molar-refractivity contribution < 1.29 is 9.18 Å². The largest absolute Gasteiger partial charge is 0.292 e. The van der Waals surface area contributed by atoms with E-state index in [0.717, 1.165) is 0 Å². The number of halogens is 3. The Kier molecular flexibility index (Phi) is 4.40. The summed E-state index contributed by atoms with van der Waals surface area (Å²) >= 11 is 11.5. The fourth-order valence-electron chi connectivity index (χ4n) is 1.87. The van der Waals surface area contributed by atoms with Crippen LogP contribution in [0, 0.1) is 5.82 Å². The smallest absolute Gasteiger partial charge is 0.184 e. The van der Waals surface area contributed by atoms with Crippen molar-refractivity contribution in [3.05, 3.63) is 39.4 Å². The van der Waals surface area contributed by atoms with Crippen LogP contribution >= 0.6 is 23.2 Å². The molecule has 0 amide bonds. The number of hydrogen-bond acceptors (Lipinski definition) is 3. The summed E-state index contributed by atoms with van der Waals surface area (Å²) in [6.07, 6.45) is 0.900. The minimum Gasteiger partial charge on any atom is -0.292 e. The molecule has 0 saturated carbocycles. The zero-order chi connectivity index (χ0) is 14.9. The highest BCUT2D eigenvalue weighted by Gasteiger charge is 2.19. The number of rotatable bonds is 4. The van der Waals surface area contributed by atoms with Gasteiger partial charge in [0.15, 0.2) is 17.3 Å². The summed E-state index contributed by atoms with van der Waals surface area (Å²) in [7, 11) is 0. The normalized spacial score (nSPS) is 10.8. The zero-order valence-corrected chi connectivity index (χ0v) is 12.5. The SMILES string of the molecule is CCC(=O)c1nnn(-c2cc(Cl)c(F)c(Cl)c2)c1CC. The molecule has 20 heavy (non-hydrogen) atoms. The summed E-state index contributed by atoms with van der Waals surface area (Å²) in [6.45, 7) is 3.64. The van der Waals surface area contributed by atoms with Crippen LogP contribution in [0.1, 0.15) is 36.5 Å². The van der Waals surface area contributed by atoms with Crippen LogP contribution in [0.15, 0.2) is 12.1 Å². The van der Waals surface area contributed by atoms with Gasteiger partial charge in [0.2, 0.25) is 0 Å². The van der Waals surface area contributed by atoms with Gasteiger partial charge in [0, 0.05) is 6.42 Å². The quantitative estimate of drug-likeness (QED) is 0.635. The first-order valence-corrected chi connectivity index (χ1v) is 6.87. The van der Waals surface area contributed by atoms with Gasteiger partial charge >= 0.3 is 0 Å². The van der Waals surface area contributed by atoms with Crippen molar-refractivity contribution in [3.63, 3.8) is 0 Å². The number of aromatic nitrogens is 3. The second kappa shape index (κ2) is 5.89. The number of Topliss-reactive ketones (excluding diaryl/α,β-unsaturated/α-hetero) is 1. The molecule has 0 atom stereocenters. The Morgan fingerprint density at radius 2 is 1.90 bits per heavy atom. The highest BCUT2D eigenvalue weighted by Crippen LogP contribution is 2.27. The third-order valence-corrected chi connectivity index (χ3v) is 3.45. The number of hydrogen-bond donors (Lipinski definition) is 0. The van der Waals surface area contributed by atoms with Gasteiger partial charge in [-0.3, -0.25) is 4.79 Å². The predicted octanol–water partition coefficient (Wildman–Crippen LogP) is 3.87. The molecule has 0 fully saturated rings. The molecule has 0 N–H and O–H groups in total. The topological polar surface area (TPSA) is 47.8 Å². The van der Waals surface area contributed by atoms with Crippen LogP contribution in [0.25, 0.3) is 5.69 Å². The Hall–Kier alpha value is -1.46. The van der Waals surface area contributed by atoms with Gasteiger partial charge in [-0.15, -0.1) is 5.10 Å². The van der Waals surface area contributed by atoms with Crippen molar-refractivity contribution in [3.8, 4) is 5.69 Å². The molecular weight excluding hydrogens is 304 g/mol. The molecular formula is C13H12Cl2FN3O. The summed E-state index contributed by atoms with van der Waals surface area (Å²) in [4.78, 5) is 11.8. The minimum atomic E-state index is -0.680. The van der Waals surface area contributed by atoms with E-state index in [9.17, 15) is 9.18 Å². The van der Waals surface area contributed by atoms with E-state index in [2.05, 4.69) is 10.3 Å². The standard InChI is InChI=1S/C13H12Cl2FN3O/c1-3-10-13(11(20)4-2)17-18-19(10)7-5-8(14)12(16)9(15)6-7/h5-6H,3-4H2,1-2H3. The van der Waals surface area contributed by atoms with Crippen LogP contribution in [0.5, 0.6) is 0 Å². The Morgan fingerprint density at radius 3 is 2.40 bits per heavy atom. The van der Waals surface area contributed by atoms with Crippen molar-refractivity contribution in [1.29, 1.82) is 0 Å². The highest BCUT2D eigenvalue weighted by molar-refractivity contribution is 6.35. The molecule has 106 valence electrons. The van der Waals surface area contributed by atoms with Gasteiger partial charge in [0.05, 0.1) is 21.4 Å². The van der Waals surface area contributed by atoms with Crippen LogP contribution in [-0.4, -0.2) is 20.8 Å². The summed E-state index contributed by atoms with van der Waals surface area (Å²) in [5, 5.41) is 7.64. The molecule has 0 aliphatic heterocycles. The first-order valence-electron chi connectivity index (χ1n) is 6.12. The minimum absolute atomic E-state index is 0.0904.